The van der Waals surface area contributed by atoms with Crippen molar-refractivity contribution >= 4 is 11.7 Å². The molecule has 2 aromatic rings. The summed E-state index contributed by atoms with van der Waals surface area (Å²) in [6.45, 7) is 1.29. The molecule has 3 rings (SSSR count). The molecule has 2 heterocycles. The summed E-state index contributed by atoms with van der Waals surface area (Å²) in [4.78, 5) is 22.0. The van der Waals surface area contributed by atoms with Crippen molar-refractivity contribution in [3.8, 4) is 11.4 Å². The first kappa shape index (κ1) is 17.3. The number of benzene rings is 1. The standard InChI is InChI=1S/C18H21FN4O2/c1-23(2)17-15(19)11-20-16(22-17)12-5-7-13(8-6-12)18(24)21-10-14-4-3-9-25-14/h5-8,11,14H,3-4,9-10H2,1-2H3,(H,21,24). The van der Waals surface area contributed by atoms with Crippen molar-refractivity contribution < 1.29 is 13.9 Å². The predicted octanol–water partition coefficient (Wildman–Crippen LogP) is 2.26. The lowest BCUT2D eigenvalue weighted by Gasteiger charge is -2.13. The SMILES string of the molecule is CN(C)c1nc(-c2ccc(C(=O)NCC3CCCO3)cc2)ncc1F. The molecule has 1 atom stereocenters. The van der Waals surface area contributed by atoms with Crippen molar-refractivity contribution in [1.82, 2.24) is 15.3 Å². The van der Waals surface area contributed by atoms with E-state index in [1.165, 1.54) is 0 Å². The number of anilines is 1. The van der Waals surface area contributed by atoms with E-state index < -0.39 is 5.82 Å². The third-order valence-electron chi connectivity index (χ3n) is 4.07. The number of hydrogen-bond acceptors (Lipinski definition) is 5. The van der Waals surface area contributed by atoms with Crippen LogP contribution in [0.1, 0.15) is 23.2 Å². The summed E-state index contributed by atoms with van der Waals surface area (Å²) in [6.07, 6.45) is 3.29. The van der Waals surface area contributed by atoms with Gasteiger partial charge in [0.05, 0.1) is 12.3 Å². The van der Waals surface area contributed by atoms with Gasteiger partial charge in [0.1, 0.15) is 0 Å². The maximum atomic E-state index is 13.7. The minimum Gasteiger partial charge on any atom is -0.376 e. The Morgan fingerprint density at radius 3 is 2.76 bits per heavy atom. The lowest BCUT2D eigenvalue weighted by Crippen LogP contribution is -2.31. The van der Waals surface area contributed by atoms with E-state index in [1.54, 1.807) is 43.3 Å². The summed E-state index contributed by atoms with van der Waals surface area (Å²) in [5.41, 5.74) is 1.27. The maximum Gasteiger partial charge on any atom is 0.251 e. The molecule has 0 bridgehead atoms. The fourth-order valence-electron chi connectivity index (χ4n) is 2.70. The molecule has 1 unspecified atom stereocenters. The van der Waals surface area contributed by atoms with Gasteiger partial charge in [0.25, 0.3) is 5.91 Å². The molecule has 1 aliphatic rings. The Bertz CT molecular complexity index is 743. The van der Waals surface area contributed by atoms with Gasteiger partial charge in [-0.1, -0.05) is 12.1 Å². The lowest BCUT2D eigenvalue weighted by molar-refractivity contribution is 0.0858. The number of nitrogens with zero attached hydrogens (tertiary/aromatic N) is 3. The summed E-state index contributed by atoms with van der Waals surface area (Å²) in [5.74, 6) is 0.0229. The summed E-state index contributed by atoms with van der Waals surface area (Å²) in [7, 11) is 3.44. The smallest absolute Gasteiger partial charge is 0.251 e. The number of amides is 1. The average molecular weight is 344 g/mol. The van der Waals surface area contributed by atoms with E-state index in [1.807, 2.05) is 0 Å². The van der Waals surface area contributed by atoms with Crippen LogP contribution in [0.15, 0.2) is 30.5 Å². The topological polar surface area (TPSA) is 67.4 Å². The molecule has 0 saturated carbocycles. The monoisotopic (exact) mass is 344 g/mol. The van der Waals surface area contributed by atoms with Crippen LogP contribution in [0, 0.1) is 5.82 Å². The highest BCUT2D eigenvalue weighted by Gasteiger charge is 2.17. The molecule has 132 valence electrons. The Balaban J connectivity index is 1.69. The average Bonchev–Trinajstić information content (AvgIpc) is 3.13. The number of carbonyl (C=O) groups excluding carboxylic acids is 1. The molecule has 1 fully saturated rings. The third-order valence-corrected chi connectivity index (χ3v) is 4.07. The van der Waals surface area contributed by atoms with Crippen LogP contribution in [-0.4, -0.2) is 49.2 Å². The summed E-state index contributed by atoms with van der Waals surface area (Å²) >= 11 is 0. The van der Waals surface area contributed by atoms with Crippen molar-refractivity contribution in [2.45, 2.75) is 18.9 Å². The van der Waals surface area contributed by atoms with Gasteiger partial charge in [-0.2, -0.15) is 0 Å². The molecule has 7 heteroatoms. The van der Waals surface area contributed by atoms with Crippen molar-refractivity contribution in [1.29, 1.82) is 0 Å². The molecule has 1 aromatic carbocycles. The molecule has 0 aliphatic carbocycles. The maximum absolute atomic E-state index is 13.7. The zero-order valence-corrected chi connectivity index (χ0v) is 14.3. The molecule has 1 N–H and O–H groups in total. The zero-order valence-electron chi connectivity index (χ0n) is 14.3. The second-order valence-electron chi connectivity index (χ2n) is 6.18. The van der Waals surface area contributed by atoms with Gasteiger partial charge in [-0.3, -0.25) is 4.79 Å². The van der Waals surface area contributed by atoms with Crippen molar-refractivity contribution in [3.05, 3.63) is 41.8 Å². The molecule has 0 radical (unpaired) electrons. The van der Waals surface area contributed by atoms with E-state index in [-0.39, 0.29) is 17.8 Å². The third kappa shape index (κ3) is 4.11. The summed E-state index contributed by atoms with van der Waals surface area (Å²) in [5, 5.41) is 2.88. The quantitative estimate of drug-likeness (QED) is 0.901. The number of halogens is 1. The largest absolute Gasteiger partial charge is 0.376 e. The number of hydrogen-bond donors (Lipinski definition) is 1. The van der Waals surface area contributed by atoms with Crippen LogP contribution in [0.3, 0.4) is 0 Å². The Labute approximate surface area is 146 Å². The fraction of sp³-hybridized carbons (Fsp3) is 0.389. The van der Waals surface area contributed by atoms with Crippen molar-refractivity contribution in [2.24, 2.45) is 0 Å². The van der Waals surface area contributed by atoms with E-state index in [0.29, 0.717) is 17.9 Å². The number of aromatic nitrogens is 2. The summed E-state index contributed by atoms with van der Waals surface area (Å²) in [6, 6.07) is 6.94. The minimum absolute atomic E-state index is 0.111. The fourth-order valence-corrected chi connectivity index (χ4v) is 2.70. The molecular formula is C18H21FN4O2. The van der Waals surface area contributed by atoms with E-state index in [9.17, 15) is 9.18 Å². The second kappa shape index (κ2) is 7.57. The van der Waals surface area contributed by atoms with E-state index >= 15 is 0 Å². The highest BCUT2D eigenvalue weighted by Crippen LogP contribution is 2.20. The van der Waals surface area contributed by atoms with E-state index in [2.05, 4.69) is 15.3 Å². The Morgan fingerprint density at radius 2 is 2.12 bits per heavy atom. The lowest BCUT2D eigenvalue weighted by atomic mass is 10.1. The molecule has 1 aliphatic heterocycles. The van der Waals surface area contributed by atoms with Crippen LogP contribution >= 0.6 is 0 Å². The molecular weight excluding hydrogens is 323 g/mol. The zero-order chi connectivity index (χ0) is 17.8. The van der Waals surface area contributed by atoms with E-state index in [4.69, 9.17) is 4.74 Å². The minimum atomic E-state index is -0.473. The van der Waals surface area contributed by atoms with Crippen LogP contribution in [0.25, 0.3) is 11.4 Å². The number of carbonyl (C=O) groups is 1. The second-order valence-corrected chi connectivity index (χ2v) is 6.18. The van der Waals surface area contributed by atoms with Gasteiger partial charge in [0.2, 0.25) is 0 Å². The molecule has 1 aromatic heterocycles. The number of nitrogens with one attached hydrogen (secondary N) is 1. The van der Waals surface area contributed by atoms with Gasteiger partial charge in [0, 0.05) is 38.4 Å². The van der Waals surface area contributed by atoms with E-state index in [0.717, 1.165) is 31.2 Å². The van der Waals surface area contributed by atoms with Crippen LogP contribution in [-0.2, 0) is 4.74 Å². The molecule has 1 amide bonds. The predicted molar refractivity (Wildman–Crippen MR) is 93.1 cm³/mol. The molecule has 6 nitrogen and oxygen atoms in total. The highest BCUT2D eigenvalue weighted by molar-refractivity contribution is 5.94. The number of ether oxygens (including phenoxy) is 1. The Morgan fingerprint density at radius 1 is 1.36 bits per heavy atom. The van der Waals surface area contributed by atoms with Gasteiger partial charge >= 0.3 is 0 Å². The van der Waals surface area contributed by atoms with Crippen LogP contribution in [0.2, 0.25) is 0 Å². The summed E-state index contributed by atoms with van der Waals surface area (Å²) < 4.78 is 19.2. The molecule has 25 heavy (non-hydrogen) atoms. The van der Waals surface area contributed by atoms with Crippen LogP contribution < -0.4 is 10.2 Å². The first-order valence-electron chi connectivity index (χ1n) is 8.24. The first-order chi connectivity index (χ1) is 12.0. The Hall–Kier alpha value is -2.54. The van der Waals surface area contributed by atoms with Crippen molar-refractivity contribution in [3.63, 3.8) is 0 Å². The van der Waals surface area contributed by atoms with Gasteiger partial charge in [-0.15, -0.1) is 0 Å². The van der Waals surface area contributed by atoms with Crippen LogP contribution in [0.4, 0.5) is 10.2 Å². The molecule has 1 saturated heterocycles. The van der Waals surface area contributed by atoms with Gasteiger partial charge < -0.3 is 15.0 Å². The van der Waals surface area contributed by atoms with Gasteiger partial charge in [0.15, 0.2) is 17.5 Å². The van der Waals surface area contributed by atoms with Crippen molar-refractivity contribution in [2.75, 3.05) is 32.1 Å². The van der Waals surface area contributed by atoms with Gasteiger partial charge in [-0.25, -0.2) is 14.4 Å². The number of rotatable bonds is 5. The first-order valence-corrected chi connectivity index (χ1v) is 8.24. The van der Waals surface area contributed by atoms with Crippen LogP contribution in [0.5, 0.6) is 0 Å². The normalized spacial score (nSPS) is 16.7. The highest BCUT2D eigenvalue weighted by atomic mass is 19.1. The molecule has 0 spiro atoms. The Kier molecular flexibility index (Phi) is 5.23. The van der Waals surface area contributed by atoms with Gasteiger partial charge in [-0.05, 0) is 25.0 Å².